The second kappa shape index (κ2) is 5.02. The maximum atomic E-state index is 4.09. The molecule has 2 aliphatic rings. The van der Waals surface area contributed by atoms with Gasteiger partial charge < -0.3 is 5.32 Å². The van der Waals surface area contributed by atoms with Crippen LogP contribution in [0.5, 0.6) is 0 Å². The average molecular weight is 284 g/mol. The Bertz CT molecular complexity index is 619. The summed E-state index contributed by atoms with van der Waals surface area (Å²) in [6.45, 7) is 4.68. The molecule has 112 valence electrons. The van der Waals surface area contributed by atoms with E-state index in [1.54, 1.807) is 0 Å². The molecule has 2 aromatic rings. The summed E-state index contributed by atoms with van der Waals surface area (Å²) in [5.41, 5.74) is 2.33. The molecule has 0 amide bonds. The smallest absolute Gasteiger partial charge is 0.0651 e. The summed E-state index contributed by atoms with van der Waals surface area (Å²) in [6.07, 6.45) is 7.20. The van der Waals surface area contributed by atoms with Crippen LogP contribution in [0.15, 0.2) is 24.4 Å². The van der Waals surface area contributed by atoms with E-state index in [0.29, 0.717) is 12.1 Å². The van der Waals surface area contributed by atoms with Gasteiger partial charge in [0.25, 0.3) is 0 Å². The molecule has 1 aromatic heterocycles. The van der Waals surface area contributed by atoms with Gasteiger partial charge in [-0.3, -0.25) is 10.00 Å². The predicted octanol–water partition coefficient (Wildman–Crippen LogP) is 3.38. The van der Waals surface area contributed by atoms with Gasteiger partial charge in [-0.1, -0.05) is 0 Å². The quantitative estimate of drug-likeness (QED) is 0.908. The number of anilines is 1. The number of nitrogens with one attached hydrogen (secondary N) is 2. The highest BCUT2D eigenvalue weighted by atomic mass is 15.2. The van der Waals surface area contributed by atoms with E-state index in [9.17, 15) is 0 Å². The first kappa shape index (κ1) is 13.1. The summed E-state index contributed by atoms with van der Waals surface area (Å²) < 4.78 is 0. The molecular formula is C17H24N4. The fourth-order valence-corrected chi connectivity index (χ4v) is 4.44. The molecule has 1 aromatic carbocycles. The highest BCUT2D eigenvalue weighted by Gasteiger charge is 2.41. The molecule has 2 atom stereocenters. The number of nitrogens with zero attached hydrogens (tertiary/aromatic N) is 2. The monoisotopic (exact) mass is 284 g/mol. The van der Waals surface area contributed by atoms with Crippen molar-refractivity contribution in [3.8, 4) is 0 Å². The van der Waals surface area contributed by atoms with Crippen molar-refractivity contribution in [1.29, 1.82) is 0 Å². The maximum absolute atomic E-state index is 4.09. The van der Waals surface area contributed by atoms with Crippen molar-refractivity contribution in [1.82, 2.24) is 15.1 Å². The van der Waals surface area contributed by atoms with Crippen LogP contribution in [0.4, 0.5) is 5.69 Å². The molecule has 4 heteroatoms. The number of benzene rings is 1. The minimum Gasteiger partial charge on any atom is -0.382 e. The Morgan fingerprint density at radius 1 is 1.24 bits per heavy atom. The third-order valence-corrected chi connectivity index (χ3v) is 5.20. The standard InChI is InChI=1S/C17H24N4/c1-11(2)21-15-4-5-16(21)9-14(8-15)19-13-3-6-17-12(7-13)10-18-20-17/h3,6-7,10-11,14-16,19H,4-5,8-9H2,1-2H3,(H,18,20). The van der Waals surface area contributed by atoms with Crippen molar-refractivity contribution in [3.63, 3.8) is 0 Å². The molecule has 0 aliphatic carbocycles. The molecule has 0 saturated carbocycles. The fourth-order valence-electron chi connectivity index (χ4n) is 4.44. The van der Waals surface area contributed by atoms with Gasteiger partial charge in [0.1, 0.15) is 0 Å². The number of rotatable bonds is 3. The second-order valence-corrected chi connectivity index (χ2v) is 6.91. The van der Waals surface area contributed by atoms with Gasteiger partial charge in [-0.25, -0.2) is 0 Å². The van der Waals surface area contributed by atoms with Crippen molar-refractivity contribution in [2.45, 2.75) is 63.7 Å². The van der Waals surface area contributed by atoms with E-state index < -0.39 is 0 Å². The van der Waals surface area contributed by atoms with Gasteiger partial charge in [0, 0.05) is 35.2 Å². The van der Waals surface area contributed by atoms with Gasteiger partial charge in [0.15, 0.2) is 0 Å². The Balaban J connectivity index is 1.49. The Morgan fingerprint density at radius 2 is 2.00 bits per heavy atom. The van der Waals surface area contributed by atoms with E-state index in [1.807, 2.05) is 6.20 Å². The minimum atomic E-state index is 0.613. The van der Waals surface area contributed by atoms with E-state index in [1.165, 1.54) is 36.8 Å². The summed E-state index contributed by atoms with van der Waals surface area (Å²) >= 11 is 0. The zero-order valence-electron chi connectivity index (χ0n) is 12.8. The number of piperidine rings is 1. The van der Waals surface area contributed by atoms with Crippen molar-refractivity contribution in [2.24, 2.45) is 0 Å². The van der Waals surface area contributed by atoms with Gasteiger partial charge in [0.05, 0.1) is 11.7 Å². The van der Waals surface area contributed by atoms with Crippen molar-refractivity contribution >= 4 is 16.6 Å². The van der Waals surface area contributed by atoms with Crippen LogP contribution in [0.25, 0.3) is 10.9 Å². The van der Waals surface area contributed by atoms with Gasteiger partial charge in [0.2, 0.25) is 0 Å². The molecule has 2 fully saturated rings. The van der Waals surface area contributed by atoms with Crippen LogP contribution < -0.4 is 5.32 Å². The van der Waals surface area contributed by atoms with Crippen LogP contribution in [-0.4, -0.2) is 39.3 Å². The van der Waals surface area contributed by atoms with Crippen LogP contribution >= 0.6 is 0 Å². The number of hydrogen-bond acceptors (Lipinski definition) is 3. The molecular weight excluding hydrogens is 260 g/mol. The van der Waals surface area contributed by atoms with E-state index in [-0.39, 0.29) is 0 Å². The molecule has 4 rings (SSSR count). The zero-order chi connectivity index (χ0) is 14.4. The molecule has 2 aliphatic heterocycles. The molecule has 0 radical (unpaired) electrons. The van der Waals surface area contributed by atoms with E-state index >= 15 is 0 Å². The third-order valence-electron chi connectivity index (χ3n) is 5.20. The first-order valence-corrected chi connectivity index (χ1v) is 8.18. The number of hydrogen-bond donors (Lipinski definition) is 2. The molecule has 21 heavy (non-hydrogen) atoms. The average Bonchev–Trinajstić information content (AvgIpc) is 3.01. The van der Waals surface area contributed by atoms with Crippen molar-refractivity contribution in [3.05, 3.63) is 24.4 Å². The summed E-state index contributed by atoms with van der Waals surface area (Å²) in [6, 6.07) is 9.33. The largest absolute Gasteiger partial charge is 0.382 e. The Morgan fingerprint density at radius 3 is 2.71 bits per heavy atom. The van der Waals surface area contributed by atoms with Gasteiger partial charge in [-0.15, -0.1) is 0 Å². The maximum Gasteiger partial charge on any atom is 0.0651 e. The van der Waals surface area contributed by atoms with E-state index in [2.05, 4.69) is 52.5 Å². The van der Waals surface area contributed by atoms with Crippen LogP contribution in [0.1, 0.15) is 39.5 Å². The van der Waals surface area contributed by atoms with Crippen molar-refractivity contribution < 1.29 is 0 Å². The Kier molecular flexibility index (Phi) is 3.14. The first-order valence-electron chi connectivity index (χ1n) is 8.18. The number of aromatic amines is 1. The molecule has 0 spiro atoms. The SMILES string of the molecule is CC(C)N1C2CCC1CC(Nc1ccc3[nH]ncc3c1)C2. The number of aromatic nitrogens is 2. The number of H-pyrrole nitrogens is 1. The van der Waals surface area contributed by atoms with Gasteiger partial charge in [-0.2, -0.15) is 5.10 Å². The first-order chi connectivity index (χ1) is 10.2. The molecule has 3 heterocycles. The summed E-state index contributed by atoms with van der Waals surface area (Å²) in [7, 11) is 0. The van der Waals surface area contributed by atoms with Crippen LogP contribution in [0.3, 0.4) is 0 Å². The lowest BCUT2D eigenvalue weighted by Crippen LogP contribution is -2.49. The van der Waals surface area contributed by atoms with Crippen LogP contribution in [0, 0.1) is 0 Å². The van der Waals surface area contributed by atoms with Gasteiger partial charge in [-0.05, 0) is 57.7 Å². The predicted molar refractivity (Wildman–Crippen MR) is 86.5 cm³/mol. The highest BCUT2D eigenvalue weighted by Crippen LogP contribution is 2.38. The summed E-state index contributed by atoms with van der Waals surface area (Å²) in [5.74, 6) is 0. The van der Waals surface area contributed by atoms with Gasteiger partial charge >= 0.3 is 0 Å². The van der Waals surface area contributed by atoms with E-state index in [0.717, 1.165) is 17.6 Å². The van der Waals surface area contributed by atoms with Crippen LogP contribution in [0.2, 0.25) is 0 Å². The molecule has 2 N–H and O–H groups in total. The lowest BCUT2D eigenvalue weighted by Gasteiger charge is -2.42. The molecule has 2 saturated heterocycles. The second-order valence-electron chi connectivity index (χ2n) is 6.91. The summed E-state index contributed by atoms with van der Waals surface area (Å²) in [5, 5.41) is 12.0. The highest BCUT2D eigenvalue weighted by molar-refractivity contribution is 5.81. The molecule has 2 bridgehead atoms. The third kappa shape index (κ3) is 2.31. The number of fused-ring (bicyclic) bond motifs is 3. The lowest BCUT2D eigenvalue weighted by molar-refractivity contribution is 0.0976. The fraction of sp³-hybridized carbons (Fsp3) is 0.588. The zero-order valence-corrected chi connectivity index (χ0v) is 12.8. The van der Waals surface area contributed by atoms with Crippen molar-refractivity contribution in [2.75, 3.05) is 5.32 Å². The minimum absolute atomic E-state index is 0.613. The Hall–Kier alpha value is -1.55. The molecule has 4 nitrogen and oxygen atoms in total. The van der Waals surface area contributed by atoms with E-state index in [4.69, 9.17) is 0 Å². The topological polar surface area (TPSA) is 44.0 Å². The molecule has 2 unspecified atom stereocenters. The summed E-state index contributed by atoms with van der Waals surface area (Å²) in [4.78, 5) is 2.75. The lowest BCUT2D eigenvalue weighted by atomic mass is 9.95. The normalized spacial score (nSPS) is 29.4. The Labute approximate surface area is 125 Å². The van der Waals surface area contributed by atoms with Crippen LogP contribution in [-0.2, 0) is 0 Å².